The highest BCUT2D eigenvalue weighted by Crippen LogP contribution is 1.89. The second kappa shape index (κ2) is 3.57. The zero-order valence-electron chi connectivity index (χ0n) is 3.94. The Balaban J connectivity index is 3.76. The van der Waals surface area contributed by atoms with Gasteiger partial charge in [0.2, 0.25) is 0 Å². The lowest BCUT2D eigenvalue weighted by molar-refractivity contribution is 1.43. The summed E-state index contributed by atoms with van der Waals surface area (Å²) in [6.07, 6.45) is 1.16. The van der Waals surface area contributed by atoms with E-state index in [1.807, 2.05) is 0 Å². The van der Waals surface area contributed by atoms with Crippen LogP contribution in [0.3, 0.4) is 0 Å². The van der Waals surface area contributed by atoms with Crippen molar-refractivity contribution in [1.82, 2.24) is 0 Å². The SMILES string of the molecule is NC(Cl)=N/C=C(\N)Cl. The lowest BCUT2D eigenvalue weighted by atomic mass is 10.9. The van der Waals surface area contributed by atoms with Crippen molar-refractivity contribution in [3.8, 4) is 0 Å². The Morgan fingerprint density at radius 2 is 1.88 bits per heavy atom. The summed E-state index contributed by atoms with van der Waals surface area (Å²) < 4.78 is 0. The Kier molecular flexibility index (Phi) is 3.39. The van der Waals surface area contributed by atoms with Gasteiger partial charge in [0.25, 0.3) is 0 Å². The summed E-state index contributed by atoms with van der Waals surface area (Å²) in [6, 6.07) is 0. The van der Waals surface area contributed by atoms with E-state index in [0.29, 0.717) is 0 Å². The van der Waals surface area contributed by atoms with Gasteiger partial charge in [0.1, 0.15) is 5.16 Å². The van der Waals surface area contributed by atoms with Crippen LogP contribution < -0.4 is 11.5 Å². The van der Waals surface area contributed by atoms with E-state index in [9.17, 15) is 0 Å². The second-order valence-electron chi connectivity index (χ2n) is 0.966. The molecule has 3 nitrogen and oxygen atoms in total. The van der Waals surface area contributed by atoms with Gasteiger partial charge in [-0.1, -0.05) is 11.6 Å². The van der Waals surface area contributed by atoms with Gasteiger partial charge in [-0.3, -0.25) is 0 Å². The summed E-state index contributed by atoms with van der Waals surface area (Å²) in [5.74, 6) is 0. The highest BCUT2D eigenvalue weighted by molar-refractivity contribution is 6.64. The highest BCUT2D eigenvalue weighted by Gasteiger charge is 1.77. The molecule has 0 fully saturated rings. The molecule has 46 valence electrons. The molecule has 0 saturated carbocycles. The number of nitrogens with zero attached hydrogens (tertiary/aromatic N) is 1. The van der Waals surface area contributed by atoms with Crippen LogP contribution in [0, 0.1) is 0 Å². The van der Waals surface area contributed by atoms with Crippen LogP contribution in [0.4, 0.5) is 0 Å². The lowest BCUT2D eigenvalue weighted by Gasteiger charge is -1.81. The van der Waals surface area contributed by atoms with Crippen LogP contribution in [0.15, 0.2) is 16.3 Å². The van der Waals surface area contributed by atoms with E-state index < -0.39 is 0 Å². The van der Waals surface area contributed by atoms with Crippen molar-refractivity contribution in [3.63, 3.8) is 0 Å². The molecular weight excluding hydrogens is 149 g/mol. The van der Waals surface area contributed by atoms with Crippen molar-refractivity contribution in [2.45, 2.75) is 0 Å². The van der Waals surface area contributed by atoms with Crippen molar-refractivity contribution in [3.05, 3.63) is 11.4 Å². The molecule has 0 rings (SSSR count). The maximum absolute atomic E-state index is 5.14. The molecule has 0 unspecified atom stereocenters. The minimum Gasteiger partial charge on any atom is -0.388 e. The smallest absolute Gasteiger partial charge is 0.193 e. The summed E-state index contributed by atoms with van der Waals surface area (Å²) in [5.41, 5.74) is 9.84. The largest absolute Gasteiger partial charge is 0.388 e. The summed E-state index contributed by atoms with van der Waals surface area (Å²) in [6.45, 7) is 0. The average molecular weight is 154 g/mol. The van der Waals surface area contributed by atoms with Crippen LogP contribution >= 0.6 is 23.2 Å². The van der Waals surface area contributed by atoms with E-state index >= 15 is 0 Å². The van der Waals surface area contributed by atoms with E-state index in [1.165, 1.54) is 0 Å². The molecule has 0 amide bonds. The third-order valence-electron chi connectivity index (χ3n) is 0.311. The highest BCUT2D eigenvalue weighted by atomic mass is 35.5. The fourth-order valence-electron chi connectivity index (χ4n) is 0.123. The molecule has 0 aromatic rings. The van der Waals surface area contributed by atoms with Gasteiger partial charge >= 0.3 is 0 Å². The maximum atomic E-state index is 5.14. The van der Waals surface area contributed by atoms with E-state index in [2.05, 4.69) is 4.99 Å². The minimum absolute atomic E-state index is 0.0496. The Labute approximate surface area is 57.0 Å². The Morgan fingerprint density at radius 1 is 1.38 bits per heavy atom. The van der Waals surface area contributed by atoms with Crippen LogP contribution in [-0.4, -0.2) is 5.29 Å². The van der Waals surface area contributed by atoms with Gasteiger partial charge in [0.05, 0.1) is 6.20 Å². The van der Waals surface area contributed by atoms with Crippen LogP contribution in [0.25, 0.3) is 0 Å². The van der Waals surface area contributed by atoms with Crippen LogP contribution in [0.5, 0.6) is 0 Å². The minimum atomic E-state index is -0.0893. The second-order valence-corrected chi connectivity index (χ2v) is 1.79. The predicted octanol–water partition coefficient (Wildman–Crippen LogP) is 0.536. The maximum Gasteiger partial charge on any atom is 0.193 e. The Hall–Kier alpha value is -0.410. The van der Waals surface area contributed by atoms with Gasteiger partial charge in [-0.05, 0) is 11.6 Å². The molecule has 0 saturated heterocycles. The molecule has 0 aliphatic heterocycles. The third-order valence-corrected chi connectivity index (χ3v) is 0.506. The van der Waals surface area contributed by atoms with E-state index in [1.54, 1.807) is 0 Å². The van der Waals surface area contributed by atoms with Gasteiger partial charge in [-0.2, -0.15) is 0 Å². The number of hydrogen-bond acceptors (Lipinski definition) is 2. The zero-order valence-corrected chi connectivity index (χ0v) is 5.45. The first-order valence-corrected chi connectivity index (χ1v) is 2.48. The molecule has 0 radical (unpaired) electrons. The number of rotatable bonds is 1. The summed E-state index contributed by atoms with van der Waals surface area (Å²) in [5, 5.41) is -0.0396. The Bertz CT molecular complexity index is 104. The third kappa shape index (κ3) is 5.59. The molecule has 0 aliphatic carbocycles. The van der Waals surface area contributed by atoms with Crippen LogP contribution in [0.1, 0.15) is 0 Å². The lowest BCUT2D eigenvalue weighted by Crippen LogP contribution is -2.00. The van der Waals surface area contributed by atoms with E-state index in [0.717, 1.165) is 6.20 Å². The van der Waals surface area contributed by atoms with Gasteiger partial charge in [-0.15, -0.1) is 0 Å². The molecule has 0 aliphatic rings. The normalized spacial score (nSPS) is 14.2. The first kappa shape index (κ1) is 7.59. The Morgan fingerprint density at radius 3 is 2.00 bits per heavy atom. The number of aliphatic imine (C=N–C) groups is 1. The fraction of sp³-hybridized carbons (Fsp3) is 0. The molecule has 5 heteroatoms. The van der Waals surface area contributed by atoms with Crippen molar-refractivity contribution in [1.29, 1.82) is 0 Å². The first-order valence-electron chi connectivity index (χ1n) is 1.73. The van der Waals surface area contributed by atoms with Gasteiger partial charge < -0.3 is 11.5 Å². The van der Waals surface area contributed by atoms with Crippen LogP contribution in [-0.2, 0) is 0 Å². The van der Waals surface area contributed by atoms with Crippen molar-refractivity contribution in [2.75, 3.05) is 0 Å². The molecule has 8 heavy (non-hydrogen) atoms. The zero-order chi connectivity index (χ0) is 6.57. The summed E-state index contributed by atoms with van der Waals surface area (Å²) in [7, 11) is 0. The molecule has 0 heterocycles. The molecule has 0 bridgehead atoms. The molecular formula is C3H5Cl2N3. The quantitative estimate of drug-likeness (QED) is 0.328. The number of hydrogen-bond donors (Lipinski definition) is 2. The van der Waals surface area contributed by atoms with Crippen molar-refractivity contribution >= 4 is 28.5 Å². The fourth-order valence-corrected chi connectivity index (χ4v) is 0.221. The first-order chi connectivity index (χ1) is 3.63. The van der Waals surface area contributed by atoms with Gasteiger partial charge in [0, 0.05) is 0 Å². The van der Waals surface area contributed by atoms with Crippen molar-refractivity contribution < 1.29 is 0 Å². The molecule has 0 atom stereocenters. The topological polar surface area (TPSA) is 64.4 Å². The summed E-state index contributed by atoms with van der Waals surface area (Å²) in [4.78, 5) is 3.36. The van der Waals surface area contributed by atoms with E-state index in [4.69, 9.17) is 34.7 Å². The van der Waals surface area contributed by atoms with Gasteiger partial charge in [0.15, 0.2) is 5.29 Å². The number of nitrogens with two attached hydrogens (primary N) is 2. The number of halogens is 2. The average Bonchev–Trinajstić information content (AvgIpc) is 1.61. The van der Waals surface area contributed by atoms with Gasteiger partial charge in [-0.25, -0.2) is 4.99 Å². The molecule has 0 aromatic heterocycles. The standard InChI is InChI=1S/C3H5Cl2N3/c4-2(6)1-8-3(5)7/h1H,6H2,(H2,7,8)/b2-1-. The van der Waals surface area contributed by atoms with Crippen molar-refractivity contribution in [2.24, 2.45) is 16.5 Å². The van der Waals surface area contributed by atoms with E-state index in [-0.39, 0.29) is 10.5 Å². The van der Waals surface area contributed by atoms with Crippen LogP contribution in [0.2, 0.25) is 0 Å². The number of amidine groups is 1. The molecule has 4 N–H and O–H groups in total. The predicted molar refractivity (Wildman–Crippen MR) is 35.6 cm³/mol. The molecule has 0 aromatic carbocycles. The molecule has 0 spiro atoms. The monoisotopic (exact) mass is 153 g/mol. The summed E-state index contributed by atoms with van der Waals surface area (Å²) >= 11 is 10.2.